The highest BCUT2D eigenvalue weighted by molar-refractivity contribution is 7.90. The molecule has 0 amide bonds. The molecule has 32 heavy (non-hydrogen) atoms. The number of sulfone groups is 1. The topological polar surface area (TPSA) is 75.2 Å². The SMILES string of the molecule is CCN(CC)C1CCC(Nc2nc(-c3ccc(S(C)(=O)=O)cc3)nc3ccccc23)CC1. The van der Waals surface area contributed by atoms with Crippen LogP contribution in [0.5, 0.6) is 0 Å². The lowest BCUT2D eigenvalue weighted by Crippen LogP contribution is -2.40. The molecule has 4 rings (SSSR count). The molecule has 1 aliphatic carbocycles. The van der Waals surface area contributed by atoms with Crippen molar-refractivity contribution < 1.29 is 8.42 Å². The van der Waals surface area contributed by atoms with Crippen molar-refractivity contribution >= 4 is 26.6 Å². The van der Waals surface area contributed by atoms with Crippen LogP contribution in [0.4, 0.5) is 5.82 Å². The third-order valence-corrected chi connectivity index (χ3v) is 7.64. The Bertz CT molecular complexity index is 1170. The van der Waals surface area contributed by atoms with Crippen molar-refractivity contribution in [2.24, 2.45) is 0 Å². The summed E-state index contributed by atoms with van der Waals surface area (Å²) in [7, 11) is -3.24. The van der Waals surface area contributed by atoms with E-state index in [9.17, 15) is 8.42 Å². The Kier molecular flexibility index (Phi) is 6.76. The van der Waals surface area contributed by atoms with Gasteiger partial charge in [-0.3, -0.25) is 0 Å². The second kappa shape index (κ2) is 9.55. The first-order valence-corrected chi connectivity index (χ1v) is 13.4. The Labute approximate surface area is 191 Å². The van der Waals surface area contributed by atoms with Crippen LogP contribution < -0.4 is 5.32 Å². The van der Waals surface area contributed by atoms with Gasteiger partial charge >= 0.3 is 0 Å². The molecule has 1 aromatic heterocycles. The summed E-state index contributed by atoms with van der Waals surface area (Å²) in [6.45, 7) is 6.70. The van der Waals surface area contributed by atoms with Crippen LogP contribution in [0.3, 0.4) is 0 Å². The number of para-hydroxylation sites is 1. The molecule has 0 spiro atoms. The van der Waals surface area contributed by atoms with Gasteiger partial charge in [-0.05, 0) is 75.2 Å². The maximum atomic E-state index is 11.8. The van der Waals surface area contributed by atoms with E-state index < -0.39 is 9.84 Å². The lowest BCUT2D eigenvalue weighted by molar-refractivity contribution is 0.167. The monoisotopic (exact) mass is 452 g/mol. The number of anilines is 1. The predicted molar refractivity (Wildman–Crippen MR) is 131 cm³/mol. The average molecular weight is 453 g/mol. The number of aromatic nitrogens is 2. The third kappa shape index (κ3) is 4.94. The van der Waals surface area contributed by atoms with Crippen molar-refractivity contribution in [2.75, 3.05) is 24.7 Å². The average Bonchev–Trinajstić information content (AvgIpc) is 2.80. The van der Waals surface area contributed by atoms with Crippen LogP contribution in [0, 0.1) is 0 Å². The molecule has 0 radical (unpaired) electrons. The number of hydrogen-bond acceptors (Lipinski definition) is 6. The molecule has 1 saturated carbocycles. The molecule has 0 saturated heterocycles. The van der Waals surface area contributed by atoms with Gasteiger partial charge < -0.3 is 10.2 Å². The highest BCUT2D eigenvalue weighted by Crippen LogP contribution is 2.30. The fourth-order valence-corrected chi connectivity index (χ4v) is 5.32. The van der Waals surface area contributed by atoms with Gasteiger partial charge in [-0.25, -0.2) is 18.4 Å². The van der Waals surface area contributed by atoms with Crippen molar-refractivity contribution in [1.29, 1.82) is 0 Å². The van der Waals surface area contributed by atoms with Crippen molar-refractivity contribution in [2.45, 2.75) is 56.5 Å². The van der Waals surface area contributed by atoms with Gasteiger partial charge in [0, 0.05) is 29.3 Å². The quantitative estimate of drug-likeness (QED) is 0.557. The van der Waals surface area contributed by atoms with Crippen molar-refractivity contribution in [3.8, 4) is 11.4 Å². The highest BCUT2D eigenvalue weighted by Gasteiger charge is 2.25. The summed E-state index contributed by atoms with van der Waals surface area (Å²) in [6.07, 6.45) is 5.85. The molecular weight excluding hydrogens is 420 g/mol. The predicted octanol–water partition coefficient (Wildman–Crippen LogP) is 4.77. The standard InChI is InChI=1S/C25H32N4O2S/c1-4-29(5-2)20-14-12-19(13-15-20)26-25-22-8-6-7-9-23(22)27-24(28-25)18-10-16-21(17-11-18)32(3,30)31/h6-11,16-17,19-20H,4-5,12-15H2,1-3H3,(H,26,27,28). The van der Waals surface area contributed by atoms with Crippen LogP contribution >= 0.6 is 0 Å². The summed E-state index contributed by atoms with van der Waals surface area (Å²) in [6, 6.07) is 15.9. The van der Waals surface area contributed by atoms with E-state index in [-0.39, 0.29) is 0 Å². The number of rotatable bonds is 7. The smallest absolute Gasteiger partial charge is 0.175 e. The van der Waals surface area contributed by atoms with Gasteiger partial charge in [0.1, 0.15) is 5.82 Å². The van der Waals surface area contributed by atoms with Gasteiger partial charge in [0.25, 0.3) is 0 Å². The summed E-state index contributed by atoms with van der Waals surface area (Å²) < 4.78 is 23.6. The molecular formula is C25H32N4O2S. The van der Waals surface area contributed by atoms with Crippen molar-refractivity contribution in [3.05, 3.63) is 48.5 Å². The van der Waals surface area contributed by atoms with Crippen molar-refractivity contribution in [3.63, 3.8) is 0 Å². The normalized spacial score (nSPS) is 19.4. The van der Waals surface area contributed by atoms with Gasteiger partial charge in [-0.2, -0.15) is 0 Å². The fourth-order valence-electron chi connectivity index (χ4n) is 4.69. The minimum absolute atomic E-state index is 0.297. The molecule has 2 aromatic carbocycles. The number of nitrogens with zero attached hydrogens (tertiary/aromatic N) is 3. The van der Waals surface area contributed by atoms with E-state index in [0.29, 0.717) is 22.8 Å². The maximum absolute atomic E-state index is 11.8. The van der Waals surface area contributed by atoms with Crippen molar-refractivity contribution in [1.82, 2.24) is 14.9 Å². The number of benzene rings is 2. The summed E-state index contributed by atoms with van der Waals surface area (Å²) in [5.41, 5.74) is 1.68. The Morgan fingerprint density at radius 3 is 2.22 bits per heavy atom. The van der Waals surface area contributed by atoms with Gasteiger partial charge in [0.15, 0.2) is 15.7 Å². The number of nitrogens with one attached hydrogen (secondary N) is 1. The summed E-state index contributed by atoms with van der Waals surface area (Å²) >= 11 is 0. The molecule has 6 nitrogen and oxygen atoms in total. The second-order valence-electron chi connectivity index (χ2n) is 8.58. The summed E-state index contributed by atoms with van der Waals surface area (Å²) in [5.74, 6) is 1.45. The van der Waals surface area contributed by atoms with E-state index in [1.54, 1.807) is 24.3 Å². The van der Waals surface area contributed by atoms with Gasteiger partial charge in [0.2, 0.25) is 0 Å². The zero-order valence-corrected chi connectivity index (χ0v) is 19.9. The minimum Gasteiger partial charge on any atom is -0.367 e. The molecule has 0 aliphatic heterocycles. The molecule has 3 aromatic rings. The van der Waals surface area contributed by atoms with Gasteiger partial charge in [-0.15, -0.1) is 0 Å². The highest BCUT2D eigenvalue weighted by atomic mass is 32.2. The molecule has 7 heteroatoms. The first kappa shape index (κ1) is 22.7. The minimum atomic E-state index is -3.24. The molecule has 1 heterocycles. The molecule has 0 unspecified atom stereocenters. The Hall–Kier alpha value is -2.51. The van der Waals surface area contributed by atoms with Crippen LogP contribution in [-0.4, -0.2) is 54.7 Å². The van der Waals surface area contributed by atoms with E-state index >= 15 is 0 Å². The maximum Gasteiger partial charge on any atom is 0.175 e. The first-order chi connectivity index (χ1) is 15.4. The Morgan fingerprint density at radius 2 is 1.59 bits per heavy atom. The molecule has 1 fully saturated rings. The molecule has 1 aliphatic rings. The Morgan fingerprint density at radius 1 is 0.938 bits per heavy atom. The van der Waals surface area contributed by atoms with E-state index in [2.05, 4.69) is 30.1 Å². The second-order valence-corrected chi connectivity index (χ2v) is 10.6. The zero-order chi connectivity index (χ0) is 22.7. The van der Waals surface area contributed by atoms with Crippen LogP contribution in [0.1, 0.15) is 39.5 Å². The Balaban J connectivity index is 1.59. The molecule has 170 valence electrons. The lowest BCUT2D eigenvalue weighted by Gasteiger charge is -2.36. The van der Waals surface area contributed by atoms with Crippen LogP contribution in [0.2, 0.25) is 0 Å². The van der Waals surface area contributed by atoms with Gasteiger partial charge in [0.05, 0.1) is 10.4 Å². The third-order valence-electron chi connectivity index (χ3n) is 6.51. The first-order valence-electron chi connectivity index (χ1n) is 11.5. The summed E-state index contributed by atoms with van der Waals surface area (Å²) in [5, 5.41) is 4.71. The van der Waals surface area contributed by atoms with E-state index in [4.69, 9.17) is 9.97 Å². The van der Waals surface area contributed by atoms with Crippen LogP contribution in [0.15, 0.2) is 53.4 Å². The number of fused-ring (bicyclic) bond motifs is 1. The fraction of sp³-hybridized carbons (Fsp3) is 0.440. The van der Waals surface area contributed by atoms with E-state index in [0.717, 1.165) is 48.2 Å². The van der Waals surface area contributed by atoms with E-state index in [1.165, 1.54) is 19.1 Å². The summed E-state index contributed by atoms with van der Waals surface area (Å²) in [4.78, 5) is 12.5. The van der Waals surface area contributed by atoms with Gasteiger partial charge in [-0.1, -0.05) is 26.0 Å². The largest absolute Gasteiger partial charge is 0.367 e. The zero-order valence-electron chi connectivity index (χ0n) is 19.1. The lowest BCUT2D eigenvalue weighted by atomic mass is 9.90. The number of hydrogen-bond donors (Lipinski definition) is 1. The van der Waals surface area contributed by atoms with E-state index in [1.807, 2.05) is 18.2 Å². The van der Waals surface area contributed by atoms with Crippen LogP contribution in [0.25, 0.3) is 22.3 Å². The van der Waals surface area contributed by atoms with Crippen LogP contribution in [-0.2, 0) is 9.84 Å². The molecule has 1 N–H and O–H groups in total. The molecule has 0 bridgehead atoms. The molecule has 0 atom stereocenters.